The van der Waals surface area contributed by atoms with Gasteiger partial charge in [-0.05, 0) is 18.1 Å². The van der Waals surface area contributed by atoms with Crippen molar-refractivity contribution in [2.45, 2.75) is 13.3 Å². The molecule has 0 fully saturated rings. The van der Waals surface area contributed by atoms with E-state index in [1.54, 1.807) is 0 Å². The molecule has 0 unspecified atom stereocenters. The second kappa shape index (κ2) is 4.14. The van der Waals surface area contributed by atoms with E-state index in [1.165, 1.54) is 0 Å². The van der Waals surface area contributed by atoms with Gasteiger partial charge in [0.05, 0.1) is 6.42 Å². The zero-order valence-corrected chi connectivity index (χ0v) is 8.67. The van der Waals surface area contributed by atoms with Crippen LogP contribution >= 0.6 is 0 Å². The number of carboxylic acid groups (broad SMARTS) is 1. The number of aliphatic carboxylic acids is 1. The fraction of sp³-hybridized carbons (Fsp3) is 0.182. The van der Waals surface area contributed by atoms with E-state index in [1.807, 2.05) is 31.2 Å². The fourth-order valence-corrected chi connectivity index (χ4v) is 1.48. The second-order valence-electron chi connectivity index (χ2n) is 3.50. The molecule has 0 aliphatic rings. The lowest BCUT2D eigenvalue weighted by molar-refractivity contribution is -0.136. The second-order valence-corrected chi connectivity index (χ2v) is 3.50. The molecule has 1 heterocycles. The van der Waals surface area contributed by atoms with Gasteiger partial charge in [-0.25, -0.2) is 4.63 Å². The lowest BCUT2D eigenvalue weighted by atomic mass is 10.1. The molecule has 2 aromatic rings. The quantitative estimate of drug-likeness (QED) is 0.847. The van der Waals surface area contributed by atoms with E-state index in [2.05, 4.69) is 14.9 Å². The summed E-state index contributed by atoms with van der Waals surface area (Å²) in [5, 5.41) is 16.0. The molecule has 0 aliphatic heterocycles. The number of aryl methyl sites for hydroxylation is 1. The number of benzene rings is 1. The smallest absolute Gasteiger partial charge is 0.309 e. The van der Waals surface area contributed by atoms with Crippen molar-refractivity contribution in [2.75, 3.05) is 0 Å². The van der Waals surface area contributed by atoms with Gasteiger partial charge in [0.25, 0.3) is 0 Å². The van der Waals surface area contributed by atoms with Gasteiger partial charge >= 0.3 is 5.97 Å². The number of rotatable bonds is 3. The highest BCUT2D eigenvalue weighted by atomic mass is 16.6. The first-order chi connectivity index (χ1) is 7.66. The Balaban J connectivity index is 2.40. The third-order valence-corrected chi connectivity index (χ3v) is 2.17. The summed E-state index contributed by atoms with van der Waals surface area (Å²) in [6.45, 7) is 1.95. The molecule has 0 atom stereocenters. The standard InChI is InChI=1S/C11H10N2O3/c1-7-3-2-4-8(5-7)11-9(6-10(14)15)12-16-13-11/h2-5H,6H2,1H3,(H,14,15). The fourth-order valence-electron chi connectivity index (χ4n) is 1.48. The predicted molar refractivity (Wildman–Crippen MR) is 55.8 cm³/mol. The molecule has 16 heavy (non-hydrogen) atoms. The van der Waals surface area contributed by atoms with E-state index in [4.69, 9.17) is 5.11 Å². The van der Waals surface area contributed by atoms with Crippen molar-refractivity contribution in [1.29, 1.82) is 0 Å². The summed E-state index contributed by atoms with van der Waals surface area (Å²) in [5.74, 6) is -0.954. The molecule has 0 amide bonds. The first-order valence-corrected chi connectivity index (χ1v) is 4.77. The molecule has 0 aliphatic carbocycles. The maximum atomic E-state index is 10.6. The molecule has 5 heteroatoms. The van der Waals surface area contributed by atoms with Crippen LogP contribution in [0.4, 0.5) is 0 Å². The van der Waals surface area contributed by atoms with Crippen molar-refractivity contribution in [1.82, 2.24) is 10.3 Å². The highest BCUT2D eigenvalue weighted by molar-refractivity contribution is 5.73. The molecule has 5 nitrogen and oxygen atoms in total. The number of hydrogen-bond donors (Lipinski definition) is 1. The lowest BCUT2D eigenvalue weighted by Gasteiger charge is -1.98. The summed E-state index contributed by atoms with van der Waals surface area (Å²) in [5.41, 5.74) is 2.73. The van der Waals surface area contributed by atoms with Gasteiger partial charge in [-0.2, -0.15) is 0 Å². The van der Waals surface area contributed by atoms with Gasteiger partial charge in [0.2, 0.25) is 0 Å². The maximum absolute atomic E-state index is 10.6. The van der Waals surface area contributed by atoms with Crippen molar-refractivity contribution in [2.24, 2.45) is 0 Å². The molecular weight excluding hydrogens is 208 g/mol. The van der Waals surface area contributed by atoms with E-state index in [-0.39, 0.29) is 6.42 Å². The minimum atomic E-state index is -0.954. The van der Waals surface area contributed by atoms with Crippen molar-refractivity contribution in [3.05, 3.63) is 35.5 Å². The molecular formula is C11H10N2O3. The van der Waals surface area contributed by atoms with Crippen LogP contribution in [0, 0.1) is 6.92 Å². The molecule has 0 radical (unpaired) electrons. The highest BCUT2D eigenvalue weighted by Gasteiger charge is 2.14. The van der Waals surface area contributed by atoms with Crippen LogP contribution in [0.15, 0.2) is 28.9 Å². The topological polar surface area (TPSA) is 76.2 Å². The van der Waals surface area contributed by atoms with Crippen LogP contribution in [0.2, 0.25) is 0 Å². The Morgan fingerprint density at radius 1 is 1.44 bits per heavy atom. The van der Waals surface area contributed by atoms with Crippen LogP contribution in [0.3, 0.4) is 0 Å². The molecule has 0 saturated carbocycles. The predicted octanol–water partition coefficient (Wildman–Crippen LogP) is 1.67. The molecule has 0 saturated heterocycles. The molecule has 2 rings (SSSR count). The van der Waals surface area contributed by atoms with Crippen LogP contribution < -0.4 is 0 Å². The Morgan fingerprint density at radius 2 is 2.25 bits per heavy atom. The van der Waals surface area contributed by atoms with Crippen LogP contribution in [-0.4, -0.2) is 21.4 Å². The Hall–Kier alpha value is -2.17. The summed E-state index contributed by atoms with van der Waals surface area (Å²) < 4.78 is 4.58. The zero-order valence-electron chi connectivity index (χ0n) is 8.67. The number of carbonyl (C=O) groups is 1. The number of nitrogens with zero attached hydrogens (tertiary/aromatic N) is 2. The molecule has 1 aromatic heterocycles. The van der Waals surface area contributed by atoms with Crippen molar-refractivity contribution < 1.29 is 14.5 Å². The van der Waals surface area contributed by atoms with Crippen molar-refractivity contribution in [3.8, 4) is 11.3 Å². The molecule has 1 aromatic carbocycles. The summed E-state index contributed by atoms with van der Waals surface area (Å²) in [6, 6.07) is 7.58. The maximum Gasteiger partial charge on any atom is 0.309 e. The number of hydrogen-bond acceptors (Lipinski definition) is 4. The van der Waals surface area contributed by atoms with Crippen LogP contribution in [-0.2, 0) is 11.2 Å². The van der Waals surface area contributed by atoms with E-state index in [9.17, 15) is 4.79 Å². The average Bonchev–Trinajstić information content (AvgIpc) is 2.65. The monoisotopic (exact) mass is 218 g/mol. The summed E-state index contributed by atoms with van der Waals surface area (Å²) in [7, 11) is 0. The third-order valence-electron chi connectivity index (χ3n) is 2.17. The Morgan fingerprint density at radius 3 is 2.94 bits per heavy atom. The largest absolute Gasteiger partial charge is 0.481 e. The van der Waals surface area contributed by atoms with Gasteiger partial charge in [0.1, 0.15) is 11.4 Å². The van der Waals surface area contributed by atoms with Gasteiger partial charge in [-0.3, -0.25) is 4.79 Å². The van der Waals surface area contributed by atoms with Gasteiger partial charge in [-0.1, -0.05) is 28.9 Å². The Kier molecular flexibility index (Phi) is 2.68. The first kappa shape index (κ1) is 10.4. The summed E-state index contributed by atoms with van der Waals surface area (Å²) in [4.78, 5) is 10.6. The van der Waals surface area contributed by atoms with Crippen LogP contribution in [0.25, 0.3) is 11.3 Å². The van der Waals surface area contributed by atoms with Gasteiger partial charge in [-0.15, -0.1) is 0 Å². The molecule has 0 spiro atoms. The van der Waals surface area contributed by atoms with Gasteiger partial charge in [0, 0.05) is 5.56 Å². The van der Waals surface area contributed by atoms with E-state index in [0.29, 0.717) is 11.4 Å². The van der Waals surface area contributed by atoms with Crippen molar-refractivity contribution >= 4 is 5.97 Å². The lowest BCUT2D eigenvalue weighted by Crippen LogP contribution is -2.01. The van der Waals surface area contributed by atoms with Crippen molar-refractivity contribution in [3.63, 3.8) is 0 Å². The normalized spacial score (nSPS) is 10.3. The summed E-state index contributed by atoms with van der Waals surface area (Å²) in [6.07, 6.45) is -0.188. The first-order valence-electron chi connectivity index (χ1n) is 4.77. The number of aromatic nitrogens is 2. The van der Waals surface area contributed by atoms with Gasteiger partial charge < -0.3 is 5.11 Å². The minimum Gasteiger partial charge on any atom is -0.481 e. The molecule has 1 N–H and O–H groups in total. The molecule has 82 valence electrons. The Bertz CT molecular complexity index is 519. The van der Waals surface area contributed by atoms with E-state index < -0.39 is 5.97 Å². The van der Waals surface area contributed by atoms with Crippen LogP contribution in [0.5, 0.6) is 0 Å². The zero-order chi connectivity index (χ0) is 11.5. The molecule has 0 bridgehead atoms. The number of carboxylic acids is 1. The third kappa shape index (κ3) is 2.08. The van der Waals surface area contributed by atoms with E-state index in [0.717, 1.165) is 11.1 Å². The van der Waals surface area contributed by atoms with E-state index >= 15 is 0 Å². The van der Waals surface area contributed by atoms with Gasteiger partial charge in [0.15, 0.2) is 0 Å². The minimum absolute atomic E-state index is 0.188. The SMILES string of the molecule is Cc1cccc(-c2nonc2CC(=O)O)c1. The van der Waals surface area contributed by atoms with Crippen LogP contribution in [0.1, 0.15) is 11.3 Å². The highest BCUT2D eigenvalue weighted by Crippen LogP contribution is 2.21. The Labute approximate surface area is 91.7 Å². The summed E-state index contributed by atoms with van der Waals surface area (Å²) >= 11 is 0. The average molecular weight is 218 g/mol.